The van der Waals surface area contributed by atoms with Crippen molar-refractivity contribution in [1.29, 1.82) is 0 Å². The van der Waals surface area contributed by atoms with Crippen molar-refractivity contribution in [3.63, 3.8) is 0 Å². The standard InChI is InChI=1S/C10H12OS/c11-10(8-3-1-2-4-8)9-5-6-12-7-9/h3,5-7,10-11H,1-2,4H2. The molecule has 1 aromatic rings. The highest BCUT2D eigenvalue weighted by atomic mass is 32.1. The van der Waals surface area contributed by atoms with Gasteiger partial charge in [-0.05, 0) is 47.2 Å². The lowest BCUT2D eigenvalue weighted by atomic mass is 10.0. The third-order valence-corrected chi connectivity index (χ3v) is 2.99. The van der Waals surface area contributed by atoms with E-state index < -0.39 is 0 Å². The Bertz CT molecular complexity index is 274. The smallest absolute Gasteiger partial charge is 0.101 e. The molecule has 0 aromatic carbocycles. The summed E-state index contributed by atoms with van der Waals surface area (Å²) in [6.45, 7) is 0. The van der Waals surface area contributed by atoms with Crippen LogP contribution >= 0.6 is 11.3 Å². The minimum absolute atomic E-state index is 0.334. The summed E-state index contributed by atoms with van der Waals surface area (Å²) in [5.74, 6) is 0. The maximum Gasteiger partial charge on any atom is 0.101 e. The van der Waals surface area contributed by atoms with Gasteiger partial charge in [0.05, 0.1) is 0 Å². The van der Waals surface area contributed by atoms with Crippen LogP contribution in [0, 0.1) is 0 Å². The first-order valence-corrected chi connectivity index (χ1v) is 5.21. The molecule has 0 amide bonds. The maximum atomic E-state index is 9.85. The third-order valence-electron chi connectivity index (χ3n) is 2.29. The molecular formula is C10H12OS. The second-order valence-corrected chi connectivity index (χ2v) is 3.91. The number of aliphatic hydroxyl groups is 1. The van der Waals surface area contributed by atoms with E-state index in [1.54, 1.807) is 11.3 Å². The first-order chi connectivity index (χ1) is 5.88. The summed E-state index contributed by atoms with van der Waals surface area (Å²) in [7, 11) is 0. The van der Waals surface area contributed by atoms with Crippen LogP contribution in [0.5, 0.6) is 0 Å². The van der Waals surface area contributed by atoms with Crippen molar-refractivity contribution in [3.05, 3.63) is 34.0 Å². The Morgan fingerprint density at radius 2 is 2.42 bits per heavy atom. The lowest BCUT2D eigenvalue weighted by molar-refractivity contribution is 0.213. The van der Waals surface area contributed by atoms with Crippen LogP contribution in [-0.2, 0) is 0 Å². The highest BCUT2D eigenvalue weighted by molar-refractivity contribution is 7.07. The molecule has 1 aliphatic rings. The molecule has 1 atom stereocenters. The molecular weight excluding hydrogens is 168 g/mol. The topological polar surface area (TPSA) is 20.2 Å². The molecule has 0 saturated carbocycles. The minimum Gasteiger partial charge on any atom is -0.384 e. The van der Waals surface area contributed by atoms with Gasteiger partial charge in [-0.1, -0.05) is 6.08 Å². The van der Waals surface area contributed by atoms with Crippen molar-refractivity contribution in [2.75, 3.05) is 0 Å². The van der Waals surface area contributed by atoms with Gasteiger partial charge in [0, 0.05) is 0 Å². The first-order valence-electron chi connectivity index (χ1n) is 4.27. The fourth-order valence-electron chi connectivity index (χ4n) is 1.59. The van der Waals surface area contributed by atoms with Gasteiger partial charge in [-0.15, -0.1) is 0 Å². The Kier molecular flexibility index (Phi) is 2.28. The van der Waals surface area contributed by atoms with Crippen LogP contribution in [0.4, 0.5) is 0 Å². The number of rotatable bonds is 2. The lowest BCUT2D eigenvalue weighted by Gasteiger charge is -2.09. The molecule has 1 N–H and O–H groups in total. The van der Waals surface area contributed by atoms with E-state index in [9.17, 15) is 5.11 Å². The molecule has 1 nitrogen and oxygen atoms in total. The fourth-order valence-corrected chi connectivity index (χ4v) is 2.27. The molecule has 1 heterocycles. The monoisotopic (exact) mass is 180 g/mol. The zero-order valence-corrected chi connectivity index (χ0v) is 7.68. The van der Waals surface area contributed by atoms with Crippen molar-refractivity contribution >= 4 is 11.3 Å². The molecule has 1 unspecified atom stereocenters. The van der Waals surface area contributed by atoms with Crippen molar-refractivity contribution in [3.8, 4) is 0 Å². The number of allylic oxidation sites excluding steroid dienone is 1. The SMILES string of the molecule is OC(C1=CCCC1)c1ccsc1. The normalized spacial score (nSPS) is 19.2. The molecule has 64 valence electrons. The van der Waals surface area contributed by atoms with Gasteiger partial charge in [0.15, 0.2) is 0 Å². The molecule has 2 heteroatoms. The quantitative estimate of drug-likeness (QED) is 0.694. The predicted molar refractivity (Wildman–Crippen MR) is 51.2 cm³/mol. The van der Waals surface area contributed by atoms with E-state index >= 15 is 0 Å². The molecule has 0 radical (unpaired) electrons. The highest BCUT2D eigenvalue weighted by Crippen LogP contribution is 2.31. The minimum atomic E-state index is -0.334. The van der Waals surface area contributed by atoms with Crippen molar-refractivity contribution in [2.45, 2.75) is 25.4 Å². The summed E-state index contributed by atoms with van der Waals surface area (Å²) in [4.78, 5) is 0. The Hall–Kier alpha value is -0.600. The van der Waals surface area contributed by atoms with E-state index in [2.05, 4.69) is 6.08 Å². The lowest BCUT2D eigenvalue weighted by Crippen LogP contribution is -1.97. The third kappa shape index (κ3) is 1.45. The molecule has 12 heavy (non-hydrogen) atoms. The van der Waals surface area contributed by atoms with Crippen LogP contribution in [-0.4, -0.2) is 5.11 Å². The Morgan fingerprint density at radius 3 is 3.00 bits per heavy atom. The molecule has 1 aliphatic carbocycles. The Labute approximate surface area is 76.4 Å². The zero-order valence-electron chi connectivity index (χ0n) is 6.86. The van der Waals surface area contributed by atoms with Crippen LogP contribution in [0.15, 0.2) is 28.5 Å². The van der Waals surface area contributed by atoms with Gasteiger partial charge in [0.2, 0.25) is 0 Å². The average Bonchev–Trinajstić information content (AvgIpc) is 2.77. The van der Waals surface area contributed by atoms with Crippen LogP contribution in [0.3, 0.4) is 0 Å². The van der Waals surface area contributed by atoms with Crippen LogP contribution < -0.4 is 0 Å². The Balaban J connectivity index is 2.14. The van der Waals surface area contributed by atoms with E-state index in [1.165, 1.54) is 12.0 Å². The molecule has 1 aromatic heterocycles. The van der Waals surface area contributed by atoms with Crippen LogP contribution in [0.1, 0.15) is 30.9 Å². The van der Waals surface area contributed by atoms with Crippen molar-refractivity contribution in [1.82, 2.24) is 0 Å². The number of aliphatic hydroxyl groups excluding tert-OH is 1. The van der Waals surface area contributed by atoms with E-state index in [-0.39, 0.29) is 6.10 Å². The van der Waals surface area contributed by atoms with E-state index in [0.29, 0.717) is 0 Å². The molecule has 0 saturated heterocycles. The summed E-state index contributed by atoms with van der Waals surface area (Å²) < 4.78 is 0. The number of hydrogen-bond donors (Lipinski definition) is 1. The average molecular weight is 180 g/mol. The summed E-state index contributed by atoms with van der Waals surface area (Å²) in [5.41, 5.74) is 2.25. The van der Waals surface area contributed by atoms with Crippen molar-refractivity contribution < 1.29 is 5.11 Å². The van der Waals surface area contributed by atoms with Crippen LogP contribution in [0.2, 0.25) is 0 Å². The van der Waals surface area contributed by atoms with E-state index in [0.717, 1.165) is 18.4 Å². The largest absolute Gasteiger partial charge is 0.384 e. The summed E-state index contributed by atoms with van der Waals surface area (Å²) in [6, 6.07) is 1.99. The number of hydrogen-bond acceptors (Lipinski definition) is 2. The first kappa shape index (κ1) is 8.02. The van der Waals surface area contributed by atoms with Crippen molar-refractivity contribution in [2.24, 2.45) is 0 Å². The molecule has 0 aliphatic heterocycles. The zero-order chi connectivity index (χ0) is 8.39. The number of thiophene rings is 1. The summed E-state index contributed by atoms with van der Waals surface area (Å²) in [5, 5.41) is 13.9. The highest BCUT2D eigenvalue weighted by Gasteiger charge is 2.15. The molecule has 0 fully saturated rings. The summed E-state index contributed by atoms with van der Waals surface area (Å²) in [6.07, 6.45) is 5.24. The molecule has 0 spiro atoms. The maximum absolute atomic E-state index is 9.85. The van der Waals surface area contributed by atoms with Gasteiger partial charge in [-0.3, -0.25) is 0 Å². The summed E-state index contributed by atoms with van der Waals surface area (Å²) >= 11 is 1.64. The van der Waals surface area contributed by atoms with Gasteiger partial charge in [-0.25, -0.2) is 0 Å². The van der Waals surface area contributed by atoms with Gasteiger partial charge in [-0.2, -0.15) is 11.3 Å². The van der Waals surface area contributed by atoms with E-state index in [1.807, 2.05) is 16.8 Å². The molecule has 0 bridgehead atoms. The second-order valence-electron chi connectivity index (χ2n) is 3.13. The predicted octanol–water partition coefficient (Wildman–Crippen LogP) is 2.89. The van der Waals surface area contributed by atoms with Gasteiger partial charge >= 0.3 is 0 Å². The fraction of sp³-hybridized carbons (Fsp3) is 0.400. The Morgan fingerprint density at radius 1 is 1.50 bits per heavy atom. The van der Waals surface area contributed by atoms with Gasteiger partial charge < -0.3 is 5.11 Å². The van der Waals surface area contributed by atoms with E-state index in [4.69, 9.17) is 0 Å². The van der Waals surface area contributed by atoms with Crippen LogP contribution in [0.25, 0.3) is 0 Å². The molecule has 2 rings (SSSR count). The second kappa shape index (κ2) is 3.42. The van der Waals surface area contributed by atoms with Gasteiger partial charge in [0.25, 0.3) is 0 Å². The van der Waals surface area contributed by atoms with Gasteiger partial charge in [0.1, 0.15) is 6.10 Å².